The van der Waals surface area contributed by atoms with Gasteiger partial charge in [0.1, 0.15) is 24.3 Å². The lowest BCUT2D eigenvalue weighted by atomic mass is 9.90. The second-order valence-electron chi connectivity index (χ2n) is 10.5. The first-order chi connectivity index (χ1) is 21.8. The minimum absolute atomic E-state index is 0.308. The van der Waals surface area contributed by atoms with Gasteiger partial charge in [-0.1, -0.05) is 37.8 Å². The molecule has 10 heteroatoms. The molecule has 4 rings (SSSR count). The number of pyridine rings is 1. The number of likely N-dealkylation sites (N-methyl/N-ethyl adjacent to an activating group) is 1. The highest BCUT2D eigenvalue weighted by molar-refractivity contribution is 5.91. The van der Waals surface area contributed by atoms with Gasteiger partial charge in [-0.05, 0) is 75.7 Å². The van der Waals surface area contributed by atoms with Gasteiger partial charge >= 0.3 is 5.97 Å². The molecule has 45 heavy (non-hydrogen) atoms. The van der Waals surface area contributed by atoms with Crippen LogP contribution in [0.15, 0.2) is 73.1 Å². The highest BCUT2D eigenvalue weighted by Gasteiger charge is 2.29. The zero-order chi connectivity index (χ0) is 32.7. The van der Waals surface area contributed by atoms with Crippen LogP contribution in [-0.2, 0) is 19.2 Å². The van der Waals surface area contributed by atoms with Gasteiger partial charge in [-0.25, -0.2) is 14.8 Å². The first-order valence-electron chi connectivity index (χ1n) is 14.9. The van der Waals surface area contributed by atoms with Crippen molar-refractivity contribution in [3.05, 3.63) is 78.6 Å². The van der Waals surface area contributed by atoms with Crippen LogP contribution in [0.25, 0.3) is 22.3 Å². The van der Waals surface area contributed by atoms with Gasteiger partial charge in [0.25, 0.3) is 0 Å². The minimum Gasteiger partial charge on any atom is -0.492 e. The number of nitrogens with one attached hydrogen (secondary N) is 1. The number of hydroxylamine groups is 1. The predicted molar refractivity (Wildman–Crippen MR) is 175 cm³/mol. The van der Waals surface area contributed by atoms with Gasteiger partial charge in [0.15, 0.2) is 5.82 Å². The zero-order valence-corrected chi connectivity index (χ0v) is 26.7. The van der Waals surface area contributed by atoms with E-state index in [-0.39, 0.29) is 6.10 Å². The van der Waals surface area contributed by atoms with Crippen LogP contribution < -0.4 is 15.1 Å². The van der Waals surface area contributed by atoms with E-state index in [1.54, 1.807) is 26.2 Å². The van der Waals surface area contributed by atoms with Crippen molar-refractivity contribution in [2.45, 2.75) is 47.1 Å². The molecule has 1 unspecified atom stereocenters. The molecule has 10 nitrogen and oxygen atoms in total. The molecule has 0 fully saturated rings. The fourth-order valence-corrected chi connectivity index (χ4v) is 4.05. The largest absolute Gasteiger partial charge is 0.492 e. The molecular weight excluding hydrogens is 570 g/mol. The first-order valence-corrected chi connectivity index (χ1v) is 14.9. The van der Waals surface area contributed by atoms with Crippen molar-refractivity contribution in [3.63, 3.8) is 0 Å². The quantitative estimate of drug-likeness (QED) is 0.117. The standard InChI is InChI=1S/C33H35N5O5.C2H6/c1-24(41-20-17-33(2,3)32(40)43-35-23-39)11-12-25-13-15-27(16-14-25)42-21-19-38(4)31-28-9-5-6-10-29(28)36-30(37-31)26-8-7-18-34-22-26;1-2/h5-10,13-16,18,22-24H,17,19-21H2,1-4H3,(H,35,39);1-2H3. The van der Waals surface area contributed by atoms with E-state index >= 15 is 0 Å². The van der Waals surface area contributed by atoms with Crippen LogP contribution in [0.4, 0.5) is 5.82 Å². The zero-order valence-electron chi connectivity index (χ0n) is 26.7. The number of carbonyl (C=O) groups is 2. The lowest BCUT2D eigenvalue weighted by Gasteiger charge is -2.21. The van der Waals surface area contributed by atoms with Crippen LogP contribution >= 0.6 is 0 Å². The van der Waals surface area contributed by atoms with Crippen molar-refractivity contribution in [2.75, 3.05) is 31.7 Å². The summed E-state index contributed by atoms with van der Waals surface area (Å²) in [5.74, 6) is 7.83. The molecule has 0 radical (unpaired) electrons. The molecule has 236 valence electrons. The molecule has 0 aliphatic carbocycles. The lowest BCUT2D eigenvalue weighted by molar-refractivity contribution is -0.165. The number of carbonyl (C=O) groups excluding carboxylic acids is 2. The Kier molecular flexibility index (Phi) is 13.3. The molecule has 2 aromatic carbocycles. The number of benzene rings is 2. The number of hydrogen-bond donors (Lipinski definition) is 1. The summed E-state index contributed by atoms with van der Waals surface area (Å²) in [7, 11) is 1.99. The van der Waals surface area contributed by atoms with Gasteiger partial charge < -0.3 is 19.2 Å². The lowest BCUT2D eigenvalue weighted by Crippen LogP contribution is -2.32. The predicted octanol–water partition coefficient (Wildman–Crippen LogP) is 5.61. The molecule has 1 atom stereocenters. The van der Waals surface area contributed by atoms with Crippen molar-refractivity contribution < 1.29 is 23.9 Å². The molecule has 0 saturated heterocycles. The summed E-state index contributed by atoms with van der Waals surface area (Å²) in [6.45, 7) is 10.7. The third kappa shape index (κ3) is 10.3. The van der Waals surface area contributed by atoms with Crippen molar-refractivity contribution >= 4 is 29.1 Å². The monoisotopic (exact) mass is 611 g/mol. The molecule has 2 heterocycles. The van der Waals surface area contributed by atoms with Crippen LogP contribution in [0, 0.1) is 17.3 Å². The Morgan fingerprint density at radius 1 is 1.04 bits per heavy atom. The summed E-state index contributed by atoms with van der Waals surface area (Å²) in [4.78, 5) is 42.8. The Morgan fingerprint density at radius 2 is 1.80 bits per heavy atom. The summed E-state index contributed by atoms with van der Waals surface area (Å²) < 4.78 is 11.7. The van der Waals surface area contributed by atoms with E-state index < -0.39 is 11.4 Å². The normalized spacial score (nSPS) is 11.2. The molecule has 4 aromatic rings. The smallest absolute Gasteiger partial charge is 0.337 e. The van der Waals surface area contributed by atoms with Gasteiger partial charge in [-0.15, -0.1) is 0 Å². The number of ether oxygens (including phenoxy) is 2. The van der Waals surface area contributed by atoms with Gasteiger partial charge in [-0.2, -0.15) is 5.48 Å². The number of hydrogen-bond acceptors (Lipinski definition) is 9. The molecule has 0 saturated carbocycles. The minimum atomic E-state index is -0.806. The fourth-order valence-electron chi connectivity index (χ4n) is 4.05. The van der Waals surface area contributed by atoms with Gasteiger partial charge in [-0.3, -0.25) is 9.78 Å². The van der Waals surface area contributed by atoms with Crippen LogP contribution in [0.5, 0.6) is 5.75 Å². The number of rotatable bonds is 13. The number of nitrogens with zero attached hydrogens (tertiary/aromatic N) is 4. The van der Waals surface area contributed by atoms with Crippen molar-refractivity contribution in [3.8, 4) is 29.0 Å². The highest BCUT2D eigenvalue weighted by Crippen LogP contribution is 2.27. The van der Waals surface area contributed by atoms with E-state index in [0.717, 1.165) is 33.6 Å². The Hall–Kier alpha value is -5.01. The van der Waals surface area contributed by atoms with Gasteiger partial charge in [0, 0.05) is 42.6 Å². The third-order valence-corrected chi connectivity index (χ3v) is 6.68. The Balaban J connectivity index is 0.00000271. The van der Waals surface area contributed by atoms with E-state index in [0.29, 0.717) is 38.4 Å². The van der Waals surface area contributed by atoms with E-state index in [1.807, 2.05) is 94.0 Å². The van der Waals surface area contributed by atoms with Crippen LogP contribution in [0.3, 0.4) is 0 Å². The molecule has 0 aliphatic heterocycles. The Labute approximate surface area is 265 Å². The molecule has 0 bridgehead atoms. The maximum absolute atomic E-state index is 12.0. The average molecular weight is 612 g/mol. The van der Waals surface area contributed by atoms with E-state index in [1.165, 1.54) is 0 Å². The number of amides is 1. The van der Waals surface area contributed by atoms with Crippen LogP contribution in [0.1, 0.15) is 46.6 Å². The summed E-state index contributed by atoms with van der Waals surface area (Å²) >= 11 is 0. The number of anilines is 1. The second kappa shape index (κ2) is 17.3. The Bertz CT molecular complexity index is 1580. The maximum Gasteiger partial charge on any atom is 0.337 e. The summed E-state index contributed by atoms with van der Waals surface area (Å²) in [6, 6.07) is 19.4. The van der Waals surface area contributed by atoms with Crippen LogP contribution in [-0.4, -0.2) is 60.2 Å². The second-order valence-corrected chi connectivity index (χ2v) is 10.5. The maximum atomic E-state index is 12.0. The van der Waals surface area contributed by atoms with Crippen LogP contribution in [0.2, 0.25) is 0 Å². The van der Waals surface area contributed by atoms with E-state index in [9.17, 15) is 9.59 Å². The molecule has 0 spiro atoms. The first kappa shape index (κ1) is 34.5. The molecule has 2 aromatic heterocycles. The van der Waals surface area contributed by atoms with Crippen molar-refractivity contribution in [2.24, 2.45) is 5.41 Å². The molecule has 1 N–H and O–H groups in total. The summed E-state index contributed by atoms with van der Waals surface area (Å²) in [5.41, 5.74) is 3.68. The number of para-hydroxylation sites is 1. The van der Waals surface area contributed by atoms with Gasteiger partial charge in [0.05, 0.1) is 17.5 Å². The number of fused-ring (bicyclic) bond motifs is 1. The average Bonchev–Trinajstić information content (AvgIpc) is 3.07. The Morgan fingerprint density at radius 3 is 2.51 bits per heavy atom. The fraction of sp³-hybridized carbons (Fsp3) is 0.343. The van der Waals surface area contributed by atoms with Gasteiger partial charge in [0.2, 0.25) is 6.41 Å². The molecular formula is C35H41N5O5. The summed E-state index contributed by atoms with van der Waals surface area (Å²) in [5, 5.41) is 0.969. The molecule has 0 aliphatic rings. The topological polar surface area (TPSA) is 116 Å². The molecule has 1 amide bonds. The van der Waals surface area contributed by atoms with E-state index in [2.05, 4.69) is 26.6 Å². The third-order valence-electron chi connectivity index (χ3n) is 6.68. The van der Waals surface area contributed by atoms with Crippen molar-refractivity contribution in [1.82, 2.24) is 20.4 Å². The van der Waals surface area contributed by atoms with E-state index in [4.69, 9.17) is 19.4 Å². The summed E-state index contributed by atoms with van der Waals surface area (Å²) in [6.07, 6.45) is 3.88. The SMILES string of the molecule is CC.CC(C#Cc1ccc(OCCN(C)c2nc(-c3cccnc3)nc3ccccc23)cc1)OCCC(C)(C)C(=O)ONC=O. The highest BCUT2D eigenvalue weighted by atomic mass is 16.7. The van der Waals surface area contributed by atoms with Crippen molar-refractivity contribution in [1.29, 1.82) is 0 Å². The number of aromatic nitrogens is 3.